The predicted octanol–water partition coefficient (Wildman–Crippen LogP) is 0.616. The van der Waals surface area contributed by atoms with Gasteiger partial charge in [-0.15, -0.1) is 0 Å². The Labute approximate surface area is 93.2 Å². The van der Waals surface area contributed by atoms with Crippen LogP contribution in [-0.2, 0) is 4.74 Å². The molecule has 0 saturated carbocycles. The zero-order valence-corrected chi connectivity index (χ0v) is 9.65. The van der Waals surface area contributed by atoms with E-state index in [0.29, 0.717) is 19.1 Å². The van der Waals surface area contributed by atoms with Crippen molar-refractivity contribution in [1.29, 1.82) is 0 Å². The summed E-state index contributed by atoms with van der Waals surface area (Å²) in [5.74, 6) is 0.462. The third kappa shape index (κ3) is 3.49. The van der Waals surface area contributed by atoms with E-state index in [1.807, 2.05) is 7.05 Å². The second-order valence-electron chi connectivity index (χ2n) is 2.81. The van der Waals surface area contributed by atoms with Crippen LogP contribution in [0, 0.1) is 0 Å². The van der Waals surface area contributed by atoms with E-state index < -0.39 is 0 Å². The van der Waals surface area contributed by atoms with Gasteiger partial charge in [-0.1, -0.05) is 0 Å². The maximum atomic E-state index is 5.71. The molecular formula is C8H13ClN4O2. The standard InChI is InChI=1S/C8H13ClN4O2/c1-13(4-5-14-2)7-10-6(9)11-8(12-7)15-3/h4-5H2,1-3H3. The van der Waals surface area contributed by atoms with Crippen molar-refractivity contribution in [3.8, 4) is 6.01 Å². The largest absolute Gasteiger partial charge is 0.467 e. The van der Waals surface area contributed by atoms with Crippen LogP contribution in [0.5, 0.6) is 6.01 Å². The molecule has 1 aromatic heterocycles. The molecule has 15 heavy (non-hydrogen) atoms. The molecule has 0 unspecified atom stereocenters. The lowest BCUT2D eigenvalue weighted by atomic mass is 10.6. The molecule has 0 amide bonds. The van der Waals surface area contributed by atoms with Gasteiger partial charge in [0.2, 0.25) is 11.2 Å². The fourth-order valence-electron chi connectivity index (χ4n) is 0.912. The van der Waals surface area contributed by atoms with Crippen LogP contribution in [0.1, 0.15) is 0 Å². The van der Waals surface area contributed by atoms with Gasteiger partial charge < -0.3 is 14.4 Å². The van der Waals surface area contributed by atoms with Gasteiger partial charge in [0.15, 0.2) is 0 Å². The minimum Gasteiger partial charge on any atom is -0.467 e. The minimum atomic E-state index is 0.112. The molecule has 1 heterocycles. The van der Waals surface area contributed by atoms with Crippen molar-refractivity contribution < 1.29 is 9.47 Å². The van der Waals surface area contributed by atoms with Crippen LogP contribution in [0.15, 0.2) is 0 Å². The summed E-state index contributed by atoms with van der Waals surface area (Å²) < 4.78 is 9.83. The van der Waals surface area contributed by atoms with Gasteiger partial charge in [-0.3, -0.25) is 0 Å². The van der Waals surface area contributed by atoms with Crippen LogP contribution in [0.4, 0.5) is 5.95 Å². The highest BCUT2D eigenvalue weighted by molar-refractivity contribution is 6.28. The topological polar surface area (TPSA) is 60.4 Å². The van der Waals surface area contributed by atoms with Gasteiger partial charge in [0.1, 0.15) is 0 Å². The number of hydrogen-bond donors (Lipinski definition) is 0. The molecule has 0 spiro atoms. The number of hydrogen-bond acceptors (Lipinski definition) is 6. The number of likely N-dealkylation sites (N-methyl/N-ethyl adjacent to an activating group) is 1. The van der Waals surface area contributed by atoms with E-state index in [4.69, 9.17) is 21.1 Å². The lowest BCUT2D eigenvalue weighted by molar-refractivity contribution is 0.206. The fourth-order valence-corrected chi connectivity index (χ4v) is 1.06. The Morgan fingerprint density at radius 2 is 2.00 bits per heavy atom. The lowest BCUT2D eigenvalue weighted by Crippen LogP contribution is -2.24. The van der Waals surface area contributed by atoms with Crippen molar-refractivity contribution >= 4 is 17.5 Å². The molecule has 0 aliphatic rings. The maximum Gasteiger partial charge on any atom is 0.322 e. The first-order valence-corrected chi connectivity index (χ1v) is 4.70. The molecular weight excluding hydrogens is 220 g/mol. The number of halogens is 1. The zero-order chi connectivity index (χ0) is 11.3. The summed E-state index contributed by atoms with van der Waals surface area (Å²) in [5.41, 5.74) is 0. The lowest BCUT2D eigenvalue weighted by Gasteiger charge is -2.16. The van der Waals surface area contributed by atoms with Crippen LogP contribution in [0.25, 0.3) is 0 Å². The molecule has 0 saturated heterocycles. The van der Waals surface area contributed by atoms with E-state index in [1.165, 1.54) is 7.11 Å². The fraction of sp³-hybridized carbons (Fsp3) is 0.625. The number of nitrogens with zero attached hydrogens (tertiary/aromatic N) is 4. The van der Waals surface area contributed by atoms with Crippen molar-refractivity contribution in [2.24, 2.45) is 0 Å². The highest BCUT2D eigenvalue weighted by Crippen LogP contribution is 2.13. The Bertz CT molecular complexity index is 324. The molecule has 1 aromatic rings. The van der Waals surface area contributed by atoms with Gasteiger partial charge in [-0.2, -0.15) is 15.0 Å². The molecule has 0 fully saturated rings. The van der Waals surface area contributed by atoms with Gasteiger partial charge in [-0.25, -0.2) is 0 Å². The summed E-state index contributed by atoms with van der Waals surface area (Å²) in [5, 5.41) is 0.112. The summed E-state index contributed by atoms with van der Waals surface area (Å²) in [7, 11) is 4.95. The molecule has 7 heteroatoms. The van der Waals surface area contributed by atoms with Crippen molar-refractivity contribution in [1.82, 2.24) is 15.0 Å². The molecule has 0 aromatic carbocycles. The number of aromatic nitrogens is 3. The van der Waals surface area contributed by atoms with E-state index in [0.717, 1.165) is 0 Å². The Hall–Kier alpha value is -1.14. The normalized spacial score (nSPS) is 10.1. The van der Waals surface area contributed by atoms with Gasteiger partial charge >= 0.3 is 6.01 Å². The number of anilines is 1. The number of methoxy groups -OCH3 is 2. The first-order chi connectivity index (χ1) is 7.17. The molecule has 1 rings (SSSR count). The smallest absolute Gasteiger partial charge is 0.322 e. The SMILES string of the molecule is COCCN(C)c1nc(Cl)nc(OC)n1. The summed E-state index contributed by atoms with van der Waals surface area (Å²) in [6, 6.07) is 0.203. The van der Waals surface area contributed by atoms with E-state index in [2.05, 4.69) is 15.0 Å². The Kier molecular flexibility index (Phi) is 4.51. The van der Waals surface area contributed by atoms with Crippen LogP contribution in [-0.4, -0.2) is 49.4 Å². The van der Waals surface area contributed by atoms with Gasteiger partial charge in [0, 0.05) is 20.7 Å². The molecule has 0 bridgehead atoms. The third-order valence-electron chi connectivity index (χ3n) is 1.73. The van der Waals surface area contributed by atoms with E-state index in [-0.39, 0.29) is 11.3 Å². The summed E-state index contributed by atoms with van der Waals surface area (Å²) in [6.45, 7) is 1.25. The minimum absolute atomic E-state index is 0.112. The second-order valence-corrected chi connectivity index (χ2v) is 3.14. The summed E-state index contributed by atoms with van der Waals surface area (Å²) in [6.07, 6.45) is 0. The third-order valence-corrected chi connectivity index (χ3v) is 1.90. The Morgan fingerprint density at radius 1 is 1.27 bits per heavy atom. The van der Waals surface area contributed by atoms with Gasteiger partial charge in [0.25, 0.3) is 0 Å². The first-order valence-electron chi connectivity index (χ1n) is 4.33. The van der Waals surface area contributed by atoms with Crippen LogP contribution < -0.4 is 9.64 Å². The van der Waals surface area contributed by atoms with E-state index >= 15 is 0 Å². The van der Waals surface area contributed by atoms with Crippen molar-refractivity contribution in [2.45, 2.75) is 0 Å². The molecule has 0 aliphatic carbocycles. The Morgan fingerprint density at radius 3 is 2.60 bits per heavy atom. The van der Waals surface area contributed by atoms with Crippen LogP contribution in [0.2, 0.25) is 5.28 Å². The van der Waals surface area contributed by atoms with E-state index in [1.54, 1.807) is 12.0 Å². The Balaban J connectivity index is 2.78. The second kappa shape index (κ2) is 5.67. The van der Waals surface area contributed by atoms with Crippen molar-refractivity contribution in [3.63, 3.8) is 0 Å². The highest BCUT2D eigenvalue weighted by Gasteiger charge is 2.08. The molecule has 0 radical (unpaired) electrons. The zero-order valence-electron chi connectivity index (χ0n) is 8.90. The van der Waals surface area contributed by atoms with Crippen molar-refractivity contribution in [2.75, 3.05) is 39.3 Å². The van der Waals surface area contributed by atoms with Crippen LogP contribution in [0.3, 0.4) is 0 Å². The highest BCUT2D eigenvalue weighted by atomic mass is 35.5. The van der Waals surface area contributed by atoms with E-state index in [9.17, 15) is 0 Å². The maximum absolute atomic E-state index is 5.71. The van der Waals surface area contributed by atoms with Gasteiger partial charge in [0.05, 0.1) is 13.7 Å². The molecule has 0 aliphatic heterocycles. The average Bonchev–Trinajstić information content (AvgIpc) is 2.24. The molecule has 6 nitrogen and oxygen atoms in total. The quantitative estimate of drug-likeness (QED) is 0.742. The predicted molar refractivity (Wildman–Crippen MR) is 56.5 cm³/mol. The van der Waals surface area contributed by atoms with Gasteiger partial charge in [-0.05, 0) is 11.6 Å². The molecule has 0 N–H and O–H groups in total. The van der Waals surface area contributed by atoms with Crippen LogP contribution >= 0.6 is 11.6 Å². The monoisotopic (exact) mass is 232 g/mol. The molecule has 84 valence electrons. The van der Waals surface area contributed by atoms with Crippen molar-refractivity contribution in [3.05, 3.63) is 5.28 Å². The molecule has 0 atom stereocenters. The summed E-state index contributed by atoms with van der Waals surface area (Å²) in [4.78, 5) is 13.6. The average molecular weight is 233 g/mol. The summed E-state index contributed by atoms with van der Waals surface area (Å²) >= 11 is 5.71. The number of ether oxygens (including phenoxy) is 2. The number of rotatable bonds is 5. The first kappa shape index (κ1) is 11.9.